The summed E-state index contributed by atoms with van der Waals surface area (Å²) in [6.45, 7) is 9.14. The molecule has 0 aliphatic rings. The second-order valence-corrected chi connectivity index (χ2v) is 7.30. The highest BCUT2D eigenvalue weighted by atomic mass is 79.9. The number of thiophene rings is 1. The lowest BCUT2D eigenvalue weighted by atomic mass is 10.0. The normalized spacial score (nSPS) is 12.8. The minimum absolute atomic E-state index is 0.365. The Hall–Kier alpha value is 0.360. The van der Waals surface area contributed by atoms with Crippen LogP contribution in [0.1, 0.15) is 31.9 Å². The molecule has 0 aromatic carbocycles. The molecule has 0 fully saturated rings. The van der Waals surface area contributed by atoms with E-state index in [1.807, 2.05) is 0 Å². The third-order valence-electron chi connectivity index (χ3n) is 2.06. The number of rotatable bonds is 5. The van der Waals surface area contributed by atoms with Gasteiger partial charge in [-0.1, -0.05) is 12.5 Å². The van der Waals surface area contributed by atoms with Gasteiger partial charge in [0.1, 0.15) is 0 Å². The second kappa shape index (κ2) is 6.18. The topological polar surface area (TPSA) is 12.0 Å². The van der Waals surface area contributed by atoms with Crippen molar-refractivity contribution in [2.75, 3.05) is 6.54 Å². The molecular weight excluding hydrogens is 338 g/mol. The van der Waals surface area contributed by atoms with E-state index in [-0.39, 0.29) is 0 Å². The highest BCUT2D eigenvalue weighted by Crippen LogP contribution is 2.37. The van der Waals surface area contributed by atoms with Crippen LogP contribution in [0, 0.1) is 0 Å². The van der Waals surface area contributed by atoms with Crippen molar-refractivity contribution in [3.8, 4) is 0 Å². The first-order valence-electron chi connectivity index (χ1n) is 4.87. The fraction of sp³-hybridized carbons (Fsp3) is 0.455. The molecule has 84 valence electrons. The van der Waals surface area contributed by atoms with E-state index in [0.717, 1.165) is 16.8 Å². The van der Waals surface area contributed by atoms with Gasteiger partial charge < -0.3 is 5.32 Å². The molecule has 0 saturated carbocycles. The zero-order chi connectivity index (χ0) is 11.4. The van der Waals surface area contributed by atoms with E-state index in [1.54, 1.807) is 11.3 Å². The molecule has 0 bridgehead atoms. The lowest BCUT2D eigenvalue weighted by molar-refractivity contribution is 0.548. The lowest BCUT2D eigenvalue weighted by Gasteiger charge is -2.17. The minimum Gasteiger partial charge on any atom is -0.310 e. The maximum Gasteiger partial charge on any atom is 0.0758 e. The van der Waals surface area contributed by atoms with Gasteiger partial charge in [-0.15, -0.1) is 17.9 Å². The molecule has 4 heteroatoms. The zero-order valence-electron chi connectivity index (χ0n) is 8.94. The summed E-state index contributed by atoms with van der Waals surface area (Å²) in [4.78, 5) is 0. The van der Waals surface area contributed by atoms with Crippen LogP contribution in [0.5, 0.6) is 0 Å². The van der Waals surface area contributed by atoms with Crippen LogP contribution in [0.4, 0.5) is 0 Å². The maximum absolute atomic E-state index is 3.98. The monoisotopic (exact) mass is 351 g/mol. The van der Waals surface area contributed by atoms with Crippen LogP contribution in [-0.4, -0.2) is 6.54 Å². The van der Waals surface area contributed by atoms with E-state index in [9.17, 15) is 0 Å². The van der Waals surface area contributed by atoms with Crippen molar-refractivity contribution in [3.63, 3.8) is 0 Å². The van der Waals surface area contributed by atoms with Gasteiger partial charge in [0.15, 0.2) is 0 Å². The standard InChI is InChI=1S/C11H15Br2NS/c1-4-14-9(5-7(2)3)8-6-10(12)15-11(8)13/h6,9,14H,2,4-5H2,1,3H3. The molecule has 1 atom stereocenters. The molecule has 1 aromatic heterocycles. The molecule has 1 nitrogen and oxygen atoms in total. The van der Waals surface area contributed by atoms with Gasteiger partial charge in [-0.2, -0.15) is 0 Å². The summed E-state index contributed by atoms with van der Waals surface area (Å²) in [6, 6.07) is 2.54. The third kappa shape index (κ3) is 4.02. The molecule has 1 heterocycles. The van der Waals surface area contributed by atoms with Crippen molar-refractivity contribution in [1.29, 1.82) is 0 Å². The summed E-state index contributed by atoms with van der Waals surface area (Å²) in [5.74, 6) is 0. The lowest BCUT2D eigenvalue weighted by Crippen LogP contribution is -2.20. The van der Waals surface area contributed by atoms with Crippen LogP contribution in [-0.2, 0) is 0 Å². The molecule has 0 aliphatic heterocycles. The summed E-state index contributed by atoms with van der Waals surface area (Å²) in [7, 11) is 0. The number of hydrogen-bond acceptors (Lipinski definition) is 2. The highest BCUT2D eigenvalue weighted by Gasteiger charge is 2.16. The van der Waals surface area contributed by atoms with Crippen molar-refractivity contribution in [3.05, 3.63) is 31.4 Å². The van der Waals surface area contributed by atoms with E-state index in [4.69, 9.17) is 0 Å². The van der Waals surface area contributed by atoms with E-state index in [1.165, 1.54) is 14.9 Å². The van der Waals surface area contributed by atoms with Crippen molar-refractivity contribution in [2.24, 2.45) is 0 Å². The van der Waals surface area contributed by atoms with Gasteiger partial charge in [-0.25, -0.2) is 0 Å². The highest BCUT2D eigenvalue weighted by molar-refractivity contribution is 9.12. The second-order valence-electron chi connectivity index (χ2n) is 3.55. The zero-order valence-corrected chi connectivity index (χ0v) is 12.9. The Morgan fingerprint density at radius 3 is 2.67 bits per heavy atom. The molecule has 1 N–H and O–H groups in total. The SMILES string of the molecule is C=C(C)CC(NCC)c1cc(Br)sc1Br. The van der Waals surface area contributed by atoms with Crippen molar-refractivity contribution < 1.29 is 0 Å². The minimum atomic E-state index is 0.365. The first kappa shape index (κ1) is 13.4. The predicted octanol–water partition coefficient (Wildman–Crippen LogP) is 4.89. The quantitative estimate of drug-likeness (QED) is 0.744. The number of nitrogens with one attached hydrogen (secondary N) is 1. The van der Waals surface area contributed by atoms with Crippen molar-refractivity contribution in [1.82, 2.24) is 5.32 Å². The Kier molecular flexibility index (Phi) is 5.53. The first-order chi connectivity index (χ1) is 7.04. The summed E-state index contributed by atoms with van der Waals surface area (Å²) in [6.07, 6.45) is 0.982. The van der Waals surface area contributed by atoms with Gasteiger partial charge in [0, 0.05) is 6.04 Å². The van der Waals surface area contributed by atoms with Gasteiger partial charge in [-0.05, 0) is 63.4 Å². The van der Waals surface area contributed by atoms with Crippen LogP contribution in [0.25, 0.3) is 0 Å². The fourth-order valence-electron chi connectivity index (χ4n) is 1.48. The van der Waals surface area contributed by atoms with Gasteiger partial charge >= 0.3 is 0 Å². The Morgan fingerprint density at radius 1 is 1.60 bits per heavy atom. The molecule has 0 aliphatic carbocycles. The average molecular weight is 353 g/mol. The molecule has 0 radical (unpaired) electrons. The predicted molar refractivity (Wildman–Crippen MR) is 75.6 cm³/mol. The Labute approximate surface area is 112 Å². The van der Waals surface area contributed by atoms with E-state index in [2.05, 4.69) is 63.7 Å². The molecule has 1 unspecified atom stereocenters. The first-order valence-corrected chi connectivity index (χ1v) is 7.27. The molecule has 0 saturated heterocycles. The Balaban J connectivity index is 2.87. The van der Waals surface area contributed by atoms with Crippen LogP contribution in [0.3, 0.4) is 0 Å². The Bertz CT molecular complexity index is 346. The van der Waals surface area contributed by atoms with Crippen LogP contribution < -0.4 is 5.32 Å². The molecule has 0 spiro atoms. The van der Waals surface area contributed by atoms with Crippen LogP contribution >= 0.6 is 43.2 Å². The van der Waals surface area contributed by atoms with Crippen molar-refractivity contribution >= 4 is 43.2 Å². The summed E-state index contributed by atoms with van der Waals surface area (Å²) in [5.41, 5.74) is 2.52. The summed E-state index contributed by atoms with van der Waals surface area (Å²) >= 11 is 8.82. The van der Waals surface area contributed by atoms with E-state index >= 15 is 0 Å². The summed E-state index contributed by atoms with van der Waals surface area (Å²) < 4.78 is 2.36. The molecular formula is C11H15Br2NS. The molecule has 1 rings (SSSR count). The van der Waals surface area contributed by atoms with Crippen LogP contribution in [0.15, 0.2) is 25.8 Å². The fourth-order valence-corrected chi connectivity index (χ4v) is 4.45. The number of hydrogen-bond donors (Lipinski definition) is 1. The smallest absolute Gasteiger partial charge is 0.0758 e. The van der Waals surface area contributed by atoms with Gasteiger partial charge in [0.2, 0.25) is 0 Å². The van der Waals surface area contributed by atoms with Gasteiger partial charge in [0.05, 0.1) is 7.57 Å². The maximum atomic E-state index is 3.98. The molecule has 0 amide bonds. The largest absolute Gasteiger partial charge is 0.310 e. The van der Waals surface area contributed by atoms with Crippen molar-refractivity contribution in [2.45, 2.75) is 26.3 Å². The van der Waals surface area contributed by atoms with E-state index < -0.39 is 0 Å². The third-order valence-corrected chi connectivity index (χ3v) is 4.45. The Morgan fingerprint density at radius 2 is 2.27 bits per heavy atom. The summed E-state index contributed by atoms with van der Waals surface area (Å²) in [5, 5.41) is 3.48. The number of halogens is 2. The molecule has 1 aromatic rings. The van der Waals surface area contributed by atoms with Crippen LogP contribution in [0.2, 0.25) is 0 Å². The average Bonchev–Trinajstić information content (AvgIpc) is 2.44. The van der Waals surface area contributed by atoms with Gasteiger partial charge in [-0.3, -0.25) is 0 Å². The van der Waals surface area contributed by atoms with Gasteiger partial charge in [0.25, 0.3) is 0 Å². The van der Waals surface area contributed by atoms with E-state index in [0.29, 0.717) is 6.04 Å². The molecule has 15 heavy (non-hydrogen) atoms.